The van der Waals surface area contributed by atoms with Crippen LogP contribution in [0.25, 0.3) is 6.08 Å². The molecule has 0 bridgehead atoms. The summed E-state index contributed by atoms with van der Waals surface area (Å²) < 4.78 is 17.7. The molecule has 2 saturated heterocycles. The van der Waals surface area contributed by atoms with E-state index in [1.165, 1.54) is 11.8 Å². The maximum Gasteiger partial charge on any atom is 0.266 e. The molecule has 8 heteroatoms. The van der Waals surface area contributed by atoms with Gasteiger partial charge in [-0.2, -0.15) is 0 Å². The number of benzene rings is 1. The van der Waals surface area contributed by atoms with Crippen LogP contribution in [0.3, 0.4) is 0 Å². The minimum Gasteiger partial charge on any atom is -0.490 e. The lowest BCUT2D eigenvalue weighted by atomic mass is 10.2. The number of thioether (sulfide) groups is 1. The van der Waals surface area contributed by atoms with E-state index in [0.29, 0.717) is 40.5 Å². The van der Waals surface area contributed by atoms with Gasteiger partial charge in [0.2, 0.25) is 0 Å². The van der Waals surface area contributed by atoms with E-state index in [-0.39, 0.29) is 5.91 Å². The Balaban J connectivity index is 1.67. The Morgan fingerprint density at radius 3 is 2.68 bits per heavy atom. The Morgan fingerprint density at radius 2 is 2.00 bits per heavy atom. The van der Waals surface area contributed by atoms with Crippen molar-refractivity contribution in [1.82, 2.24) is 9.80 Å². The number of carbonyl (C=O) groups excluding carboxylic acids is 1. The van der Waals surface area contributed by atoms with Crippen LogP contribution in [0.2, 0.25) is 0 Å². The first-order valence-corrected chi connectivity index (χ1v) is 10.8. The van der Waals surface area contributed by atoms with Crippen LogP contribution in [-0.4, -0.2) is 72.6 Å². The lowest BCUT2D eigenvalue weighted by Gasteiger charge is -2.26. The molecule has 0 saturated carbocycles. The molecule has 0 aromatic heterocycles. The second-order valence-corrected chi connectivity index (χ2v) is 8.04. The van der Waals surface area contributed by atoms with Gasteiger partial charge in [0.15, 0.2) is 11.5 Å². The van der Waals surface area contributed by atoms with Gasteiger partial charge in [0.05, 0.1) is 24.7 Å². The number of amides is 1. The van der Waals surface area contributed by atoms with Gasteiger partial charge in [0.1, 0.15) is 10.9 Å². The topological polar surface area (TPSA) is 51.2 Å². The standard InChI is InChI=1S/C20H26N2O4S2/c1-3-22-19(23)18(28-20(22)27)14-15-5-6-16(17(13-15)25-4-2)26-12-9-21-7-10-24-11-8-21/h5-6,13-14H,3-4,7-12H2,1-2H3/b18-14+. The fourth-order valence-electron chi connectivity index (χ4n) is 3.04. The van der Waals surface area contributed by atoms with Crippen molar-refractivity contribution in [2.24, 2.45) is 0 Å². The Morgan fingerprint density at radius 1 is 1.21 bits per heavy atom. The summed E-state index contributed by atoms with van der Waals surface area (Å²) in [4.78, 5) is 17.0. The molecule has 2 heterocycles. The minimum absolute atomic E-state index is 0.0405. The van der Waals surface area contributed by atoms with Crippen molar-refractivity contribution in [3.8, 4) is 11.5 Å². The van der Waals surface area contributed by atoms with Crippen molar-refractivity contribution < 1.29 is 19.0 Å². The monoisotopic (exact) mass is 422 g/mol. The number of thiocarbonyl (C=S) groups is 1. The third-order valence-corrected chi connectivity index (χ3v) is 5.90. The first-order valence-electron chi connectivity index (χ1n) is 9.57. The zero-order chi connectivity index (χ0) is 19.9. The van der Waals surface area contributed by atoms with Crippen LogP contribution in [0.1, 0.15) is 19.4 Å². The maximum absolute atomic E-state index is 12.4. The number of nitrogens with zero attached hydrogens (tertiary/aromatic N) is 2. The van der Waals surface area contributed by atoms with Gasteiger partial charge in [-0.05, 0) is 37.6 Å². The van der Waals surface area contributed by atoms with Gasteiger partial charge >= 0.3 is 0 Å². The number of hydrogen-bond donors (Lipinski definition) is 0. The van der Waals surface area contributed by atoms with Crippen LogP contribution in [0.15, 0.2) is 23.1 Å². The molecule has 1 aromatic carbocycles. The highest BCUT2D eigenvalue weighted by Gasteiger charge is 2.30. The van der Waals surface area contributed by atoms with E-state index in [1.807, 2.05) is 38.1 Å². The second-order valence-electron chi connectivity index (χ2n) is 6.37. The van der Waals surface area contributed by atoms with Crippen molar-refractivity contribution in [2.45, 2.75) is 13.8 Å². The lowest BCUT2D eigenvalue weighted by molar-refractivity contribution is -0.121. The van der Waals surface area contributed by atoms with Crippen molar-refractivity contribution >= 4 is 40.3 Å². The van der Waals surface area contributed by atoms with E-state index in [0.717, 1.165) is 38.4 Å². The SMILES string of the molecule is CCOc1cc(/C=C2/SC(=S)N(CC)C2=O)ccc1OCCN1CCOCC1. The first-order chi connectivity index (χ1) is 13.6. The van der Waals surface area contributed by atoms with E-state index in [4.69, 9.17) is 26.4 Å². The van der Waals surface area contributed by atoms with E-state index in [9.17, 15) is 4.79 Å². The molecule has 2 aliphatic rings. The van der Waals surface area contributed by atoms with Crippen LogP contribution in [0.4, 0.5) is 0 Å². The summed E-state index contributed by atoms with van der Waals surface area (Å²) in [5.41, 5.74) is 0.889. The molecule has 0 atom stereocenters. The number of likely N-dealkylation sites (N-methyl/N-ethyl adjacent to an activating group) is 1. The molecule has 28 heavy (non-hydrogen) atoms. The van der Waals surface area contributed by atoms with E-state index in [2.05, 4.69) is 4.90 Å². The van der Waals surface area contributed by atoms with Gasteiger partial charge in [0, 0.05) is 26.2 Å². The quantitative estimate of drug-likeness (QED) is 0.471. The molecule has 0 aliphatic carbocycles. The van der Waals surface area contributed by atoms with Gasteiger partial charge in [-0.3, -0.25) is 14.6 Å². The predicted octanol–water partition coefficient (Wildman–Crippen LogP) is 3.02. The molecule has 2 fully saturated rings. The summed E-state index contributed by atoms with van der Waals surface area (Å²) in [5.74, 6) is 1.36. The first kappa shape index (κ1) is 21.1. The summed E-state index contributed by atoms with van der Waals surface area (Å²) in [5, 5.41) is 0. The van der Waals surface area contributed by atoms with Crippen molar-refractivity contribution in [3.63, 3.8) is 0 Å². The Kier molecular flexibility index (Phi) is 7.73. The van der Waals surface area contributed by atoms with E-state index in [1.54, 1.807) is 4.90 Å². The average molecular weight is 423 g/mol. The number of ether oxygens (including phenoxy) is 3. The predicted molar refractivity (Wildman–Crippen MR) is 116 cm³/mol. The summed E-state index contributed by atoms with van der Waals surface area (Å²) in [6, 6.07) is 5.74. The van der Waals surface area contributed by atoms with Crippen LogP contribution >= 0.6 is 24.0 Å². The third-order valence-electron chi connectivity index (χ3n) is 4.52. The van der Waals surface area contributed by atoms with Gasteiger partial charge in [-0.25, -0.2) is 0 Å². The summed E-state index contributed by atoms with van der Waals surface area (Å²) in [6.07, 6.45) is 1.86. The normalized spacial score (nSPS) is 19.5. The molecule has 3 rings (SSSR count). The van der Waals surface area contributed by atoms with Gasteiger partial charge in [-0.15, -0.1) is 0 Å². The zero-order valence-electron chi connectivity index (χ0n) is 16.3. The molecule has 0 radical (unpaired) electrons. The highest BCUT2D eigenvalue weighted by Crippen LogP contribution is 2.34. The fourth-order valence-corrected chi connectivity index (χ4v) is 4.42. The molecule has 0 spiro atoms. The van der Waals surface area contributed by atoms with Crippen molar-refractivity contribution in [3.05, 3.63) is 28.7 Å². The number of rotatable bonds is 8. The number of carbonyl (C=O) groups is 1. The molecule has 1 amide bonds. The van der Waals surface area contributed by atoms with Crippen LogP contribution in [0, 0.1) is 0 Å². The summed E-state index contributed by atoms with van der Waals surface area (Å²) >= 11 is 6.61. The van der Waals surface area contributed by atoms with Crippen LogP contribution in [-0.2, 0) is 9.53 Å². The van der Waals surface area contributed by atoms with E-state index >= 15 is 0 Å². The average Bonchev–Trinajstić information content (AvgIpc) is 2.97. The smallest absolute Gasteiger partial charge is 0.266 e. The number of hydrogen-bond acceptors (Lipinski definition) is 7. The summed E-state index contributed by atoms with van der Waals surface area (Å²) in [7, 11) is 0. The van der Waals surface area contributed by atoms with Gasteiger partial charge < -0.3 is 14.2 Å². The molecular formula is C20H26N2O4S2. The maximum atomic E-state index is 12.4. The molecular weight excluding hydrogens is 396 g/mol. The largest absolute Gasteiger partial charge is 0.490 e. The van der Waals surface area contributed by atoms with E-state index < -0.39 is 0 Å². The van der Waals surface area contributed by atoms with Gasteiger partial charge in [-0.1, -0.05) is 30.0 Å². The van der Waals surface area contributed by atoms with Crippen molar-refractivity contribution in [1.29, 1.82) is 0 Å². The molecule has 2 aliphatic heterocycles. The second kappa shape index (κ2) is 10.2. The third kappa shape index (κ3) is 5.26. The summed E-state index contributed by atoms with van der Waals surface area (Å²) in [6.45, 7) is 9.88. The molecule has 0 N–H and O–H groups in total. The molecule has 0 unspecified atom stereocenters. The Bertz CT molecular complexity index is 748. The van der Waals surface area contributed by atoms with Gasteiger partial charge in [0.25, 0.3) is 5.91 Å². The zero-order valence-corrected chi connectivity index (χ0v) is 17.9. The Hall–Kier alpha value is -1.61. The van der Waals surface area contributed by atoms with Crippen molar-refractivity contribution in [2.75, 3.05) is 52.6 Å². The van der Waals surface area contributed by atoms with Crippen LogP contribution < -0.4 is 9.47 Å². The lowest BCUT2D eigenvalue weighted by Crippen LogP contribution is -2.38. The molecule has 152 valence electrons. The fraction of sp³-hybridized carbons (Fsp3) is 0.500. The highest BCUT2D eigenvalue weighted by molar-refractivity contribution is 8.26. The minimum atomic E-state index is -0.0405. The molecule has 6 nitrogen and oxygen atoms in total. The highest BCUT2D eigenvalue weighted by atomic mass is 32.2. The van der Waals surface area contributed by atoms with Crippen LogP contribution in [0.5, 0.6) is 11.5 Å². The molecule has 1 aromatic rings. The number of morpholine rings is 1. The Labute approximate surface area is 175 Å².